The number of nitrogens with one attached hydrogen (secondary N) is 1. The summed E-state index contributed by atoms with van der Waals surface area (Å²) in [5.41, 5.74) is 2.00. The van der Waals surface area contributed by atoms with Gasteiger partial charge in [-0.05, 0) is 19.1 Å². The predicted octanol–water partition coefficient (Wildman–Crippen LogP) is 3.63. The number of carbonyl (C=O) groups is 2. The number of thiazole rings is 1. The first-order valence-electron chi connectivity index (χ1n) is 8.70. The first kappa shape index (κ1) is 20.0. The van der Waals surface area contributed by atoms with Gasteiger partial charge in [-0.1, -0.05) is 42.5 Å². The van der Waals surface area contributed by atoms with E-state index in [1.165, 1.54) is 18.3 Å². The molecule has 0 aliphatic carbocycles. The third-order valence-electron chi connectivity index (χ3n) is 3.83. The van der Waals surface area contributed by atoms with E-state index < -0.39 is 24.6 Å². The van der Waals surface area contributed by atoms with E-state index in [-0.39, 0.29) is 5.75 Å². The molecule has 0 aliphatic heterocycles. The predicted molar refractivity (Wildman–Crippen MR) is 108 cm³/mol. The highest BCUT2D eigenvalue weighted by molar-refractivity contribution is 7.14. The van der Waals surface area contributed by atoms with E-state index in [0.29, 0.717) is 10.7 Å². The van der Waals surface area contributed by atoms with Gasteiger partial charge in [-0.2, -0.15) is 5.26 Å². The number of benzene rings is 2. The molecule has 1 amide bonds. The van der Waals surface area contributed by atoms with Crippen molar-refractivity contribution in [2.75, 3.05) is 11.9 Å². The molecule has 8 heteroatoms. The zero-order valence-corrected chi connectivity index (χ0v) is 16.3. The molecule has 0 saturated carbocycles. The zero-order valence-electron chi connectivity index (χ0n) is 15.5. The Morgan fingerprint density at radius 3 is 2.66 bits per heavy atom. The molecule has 0 saturated heterocycles. The number of carbonyl (C=O) groups excluding carboxylic acids is 2. The molecule has 1 aromatic heterocycles. The number of hydrogen-bond acceptors (Lipinski definition) is 7. The van der Waals surface area contributed by atoms with Crippen molar-refractivity contribution in [1.82, 2.24) is 4.98 Å². The highest BCUT2D eigenvalue weighted by Crippen LogP contribution is 2.24. The standard InChI is InChI=1S/C21H17N3O4S/c1-14(28-19(25)12-27-18-10-6-5-9-16(18)11-22)20(26)24-21-23-17(13-29-21)15-7-3-2-4-8-15/h2-10,13-14H,12H2,1H3,(H,23,24,26)/t14-/m0/s1. The topological polar surface area (TPSA) is 101 Å². The van der Waals surface area contributed by atoms with Gasteiger partial charge < -0.3 is 9.47 Å². The molecule has 146 valence electrons. The summed E-state index contributed by atoms with van der Waals surface area (Å²) in [6, 6.07) is 18.1. The lowest BCUT2D eigenvalue weighted by Crippen LogP contribution is -2.31. The maximum absolute atomic E-state index is 12.3. The van der Waals surface area contributed by atoms with Gasteiger partial charge in [-0.15, -0.1) is 11.3 Å². The van der Waals surface area contributed by atoms with E-state index in [1.807, 2.05) is 41.8 Å². The van der Waals surface area contributed by atoms with Crippen molar-refractivity contribution in [2.45, 2.75) is 13.0 Å². The SMILES string of the molecule is C[C@H](OC(=O)COc1ccccc1C#N)C(=O)Nc1nc(-c2ccccc2)cs1. The van der Waals surface area contributed by atoms with Crippen LogP contribution >= 0.6 is 11.3 Å². The van der Waals surface area contributed by atoms with Crippen LogP contribution in [0.2, 0.25) is 0 Å². The summed E-state index contributed by atoms with van der Waals surface area (Å²) in [5.74, 6) is -0.936. The molecular formula is C21H17N3O4S. The molecule has 0 aliphatic rings. The number of aromatic nitrogens is 1. The Morgan fingerprint density at radius 1 is 1.17 bits per heavy atom. The van der Waals surface area contributed by atoms with Gasteiger partial charge in [-0.3, -0.25) is 10.1 Å². The molecule has 0 fully saturated rings. The fourth-order valence-electron chi connectivity index (χ4n) is 2.39. The molecule has 3 rings (SSSR count). The summed E-state index contributed by atoms with van der Waals surface area (Å²) in [4.78, 5) is 28.6. The van der Waals surface area contributed by atoms with Crippen molar-refractivity contribution in [1.29, 1.82) is 5.26 Å². The summed E-state index contributed by atoms with van der Waals surface area (Å²) in [5, 5.41) is 13.9. The monoisotopic (exact) mass is 407 g/mol. The highest BCUT2D eigenvalue weighted by atomic mass is 32.1. The van der Waals surface area contributed by atoms with Crippen molar-refractivity contribution < 1.29 is 19.1 Å². The van der Waals surface area contributed by atoms with Crippen LogP contribution in [-0.2, 0) is 14.3 Å². The quantitative estimate of drug-likeness (QED) is 0.600. The lowest BCUT2D eigenvalue weighted by molar-refractivity contribution is -0.155. The van der Waals surface area contributed by atoms with Crippen LogP contribution in [0.4, 0.5) is 5.13 Å². The van der Waals surface area contributed by atoms with Crippen LogP contribution in [0.5, 0.6) is 5.75 Å². The summed E-state index contributed by atoms with van der Waals surface area (Å²) >= 11 is 1.28. The maximum atomic E-state index is 12.3. The lowest BCUT2D eigenvalue weighted by atomic mass is 10.2. The average molecular weight is 407 g/mol. The average Bonchev–Trinajstić information content (AvgIpc) is 3.21. The Balaban J connectivity index is 1.51. The third kappa shape index (κ3) is 5.40. The van der Waals surface area contributed by atoms with Crippen molar-refractivity contribution in [2.24, 2.45) is 0 Å². The Morgan fingerprint density at radius 2 is 1.90 bits per heavy atom. The van der Waals surface area contributed by atoms with Gasteiger partial charge in [0.2, 0.25) is 0 Å². The molecule has 2 aromatic carbocycles. The molecule has 0 radical (unpaired) electrons. The van der Waals surface area contributed by atoms with Gasteiger partial charge in [0, 0.05) is 10.9 Å². The summed E-state index contributed by atoms with van der Waals surface area (Å²) in [6.07, 6.45) is -1.03. The first-order chi connectivity index (χ1) is 14.1. The van der Waals surface area contributed by atoms with Crippen LogP contribution in [-0.4, -0.2) is 29.6 Å². The van der Waals surface area contributed by atoms with Gasteiger partial charge in [0.15, 0.2) is 17.8 Å². The van der Waals surface area contributed by atoms with Gasteiger partial charge in [0.25, 0.3) is 5.91 Å². The van der Waals surface area contributed by atoms with Crippen molar-refractivity contribution in [3.05, 3.63) is 65.5 Å². The summed E-state index contributed by atoms with van der Waals surface area (Å²) < 4.78 is 10.4. The van der Waals surface area contributed by atoms with Gasteiger partial charge in [-0.25, -0.2) is 9.78 Å². The smallest absolute Gasteiger partial charge is 0.344 e. The largest absolute Gasteiger partial charge is 0.481 e. The van der Waals surface area contributed by atoms with Crippen LogP contribution in [0.1, 0.15) is 12.5 Å². The Labute approximate surface area is 171 Å². The zero-order chi connectivity index (χ0) is 20.6. The number of nitriles is 1. The summed E-state index contributed by atoms with van der Waals surface area (Å²) in [7, 11) is 0. The summed E-state index contributed by atoms with van der Waals surface area (Å²) in [6.45, 7) is 1.05. The maximum Gasteiger partial charge on any atom is 0.344 e. The number of esters is 1. The number of anilines is 1. The number of amides is 1. The molecule has 1 atom stereocenters. The first-order valence-corrected chi connectivity index (χ1v) is 9.58. The number of ether oxygens (including phenoxy) is 2. The molecular weight excluding hydrogens is 390 g/mol. The highest BCUT2D eigenvalue weighted by Gasteiger charge is 2.20. The second-order valence-corrected chi connectivity index (χ2v) is 6.78. The normalized spacial score (nSPS) is 11.2. The second-order valence-electron chi connectivity index (χ2n) is 5.92. The lowest BCUT2D eigenvalue weighted by Gasteiger charge is -2.13. The van der Waals surface area contributed by atoms with Crippen LogP contribution in [0, 0.1) is 11.3 Å². The molecule has 1 N–H and O–H groups in total. The van der Waals surface area contributed by atoms with Crippen molar-refractivity contribution in [3.8, 4) is 23.1 Å². The van der Waals surface area contributed by atoms with E-state index in [4.69, 9.17) is 14.7 Å². The molecule has 1 heterocycles. The van der Waals surface area contributed by atoms with Crippen molar-refractivity contribution in [3.63, 3.8) is 0 Å². The minimum Gasteiger partial charge on any atom is -0.481 e. The van der Waals surface area contributed by atoms with Crippen LogP contribution in [0.25, 0.3) is 11.3 Å². The van der Waals surface area contributed by atoms with Crippen LogP contribution in [0.15, 0.2) is 60.0 Å². The van der Waals surface area contributed by atoms with Gasteiger partial charge in [0.05, 0.1) is 11.3 Å². The second kappa shape index (κ2) is 9.48. The van der Waals surface area contributed by atoms with E-state index in [9.17, 15) is 9.59 Å². The molecule has 0 unspecified atom stereocenters. The molecule has 3 aromatic rings. The Bertz CT molecular complexity index is 1040. The molecule has 0 spiro atoms. The number of nitrogens with zero attached hydrogens (tertiary/aromatic N) is 2. The Hall–Kier alpha value is -3.70. The van der Waals surface area contributed by atoms with Crippen LogP contribution < -0.4 is 10.1 Å². The van der Waals surface area contributed by atoms with Gasteiger partial charge in [0.1, 0.15) is 11.8 Å². The minimum absolute atomic E-state index is 0.278. The number of rotatable bonds is 7. The van der Waals surface area contributed by atoms with Gasteiger partial charge >= 0.3 is 5.97 Å². The fraction of sp³-hybridized carbons (Fsp3) is 0.143. The number of hydrogen-bond donors (Lipinski definition) is 1. The van der Waals surface area contributed by atoms with Crippen LogP contribution in [0.3, 0.4) is 0 Å². The van der Waals surface area contributed by atoms with E-state index in [0.717, 1.165) is 11.3 Å². The van der Waals surface area contributed by atoms with E-state index in [2.05, 4.69) is 10.3 Å². The van der Waals surface area contributed by atoms with E-state index >= 15 is 0 Å². The third-order valence-corrected chi connectivity index (χ3v) is 4.59. The molecule has 0 bridgehead atoms. The molecule has 29 heavy (non-hydrogen) atoms. The number of para-hydroxylation sites is 1. The minimum atomic E-state index is -1.03. The van der Waals surface area contributed by atoms with E-state index in [1.54, 1.807) is 24.3 Å². The Kier molecular flexibility index (Phi) is 6.55. The van der Waals surface area contributed by atoms with Crippen molar-refractivity contribution >= 4 is 28.3 Å². The fourth-order valence-corrected chi connectivity index (χ4v) is 3.11. The molecule has 7 nitrogen and oxygen atoms in total.